The van der Waals surface area contributed by atoms with E-state index in [1.54, 1.807) is 0 Å². The van der Waals surface area contributed by atoms with Crippen LogP contribution in [0, 0.1) is 0 Å². The molecular formula is C50H35N5O. The van der Waals surface area contributed by atoms with Crippen LogP contribution in [-0.2, 0) is 26.3 Å². The van der Waals surface area contributed by atoms with Crippen LogP contribution < -0.4 is 4.74 Å². The Bertz CT molecular complexity index is 3380. The van der Waals surface area contributed by atoms with Crippen molar-refractivity contribution in [2.75, 3.05) is 0 Å². The largest absolute Gasteiger partial charge is 0.457 e. The zero-order chi connectivity index (χ0) is 36.9. The average Bonchev–Trinajstić information content (AvgIpc) is 3.85. The van der Waals surface area contributed by atoms with E-state index < -0.39 is 0 Å². The van der Waals surface area contributed by atoms with Gasteiger partial charge in [-0.15, -0.1) is 0 Å². The van der Waals surface area contributed by atoms with E-state index in [9.17, 15) is 0 Å². The Balaban J connectivity index is 1.10. The van der Waals surface area contributed by atoms with Crippen molar-refractivity contribution in [1.82, 2.24) is 23.7 Å². The molecule has 6 heteroatoms. The van der Waals surface area contributed by atoms with Crippen molar-refractivity contribution in [1.29, 1.82) is 0 Å². The van der Waals surface area contributed by atoms with E-state index in [1.807, 2.05) is 12.4 Å². The predicted octanol–water partition coefficient (Wildman–Crippen LogP) is 11.8. The molecule has 11 aromatic rings. The topological polar surface area (TPSA) is 49.8 Å². The van der Waals surface area contributed by atoms with Gasteiger partial charge in [-0.3, -0.25) is 9.13 Å². The summed E-state index contributed by atoms with van der Waals surface area (Å²) in [6.45, 7) is 0. The smallest absolute Gasteiger partial charge is 0.137 e. The first-order chi connectivity index (χ1) is 27.7. The van der Waals surface area contributed by atoms with Crippen LogP contribution >= 0.6 is 0 Å². The SMILES string of the molecule is Cn1c2c3cccc2c2cccc(c21)Cc1ccnc(c1)-n1c2ccccc2c2ccc(cc21)Oc1ccc2c4ccccc4n(c2c1)-c1ccc(cn1)CC3. The van der Waals surface area contributed by atoms with E-state index in [0.717, 1.165) is 75.2 Å². The molecule has 13 rings (SSSR count). The summed E-state index contributed by atoms with van der Waals surface area (Å²) in [5.41, 5.74) is 12.0. The van der Waals surface area contributed by atoms with E-state index in [2.05, 4.69) is 166 Å². The molecule has 0 unspecified atom stereocenters. The quantitative estimate of drug-likeness (QED) is 0.157. The lowest BCUT2D eigenvalue weighted by molar-refractivity contribution is 0.484. The Morgan fingerprint density at radius 3 is 1.75 bits per heavy atom. The molecule has 2 aliphatic heterocycles. The molecule has 0 saturated heterocycles. The summed E-state index contributed by atoms with van der Waals surface area (Å²) in [4.78, 5) is 10.1. The van der Waals surface area contributed by atoms with Crippen LogP contribution in [0.3, 0.4) is 0 Å². The average molecular weight is 722 g/mol. The molecule has 2 aliphatic rings. The molecule has 0 radical (unpaired) electrons. The second-order valence-electron chi connectivity index (χ2n) is 15.1. The van der Waals surface area contributed by atoms with E-state index >= 15 is 0 Å². The lowest BCUT2D eigenvalue weighted by Crippen LogP contribution is -2.01. The maximum Gasteiger partial charge on any atom is 0.137 e. The molecule has 0 saturated carbocycles. The van der Waals surface area contributed by atoms with Crippen LogP contribution in [0.1, 0.15) is 22.3 Å². The molecule has 266 valence electrons. The number of nitrogens with zero attached hydrogens (tertiary/aromatic N) is 5. The van der Waals surface area contributed by atoms with Crippen LogP contribution in [0.15, 0.2) is 158 Å². The van der Waals surface area contributed by atoms with Gasteiger partial charge >= 0.3 is 0 Å². The standard InChI is InChI=1S/C50H35N5O/c1-53-49-33-8-6-12-41(49)42-13-7-9-34(50(42)53)26-32-24-25-51-48(27-32)55-44-15-5-3-11-38(44)40-22-20-36(29-46(40)55)56-35-19-21-39-37-10-2-4-14-43(37)54(45(39)28-35)47-23-17-31(16-18-33)30-52-47/h2-15,17,19-25,27-30H,16,18,26H2,1H3. The van der Waals surface area contributed by atoms with Crippen LogP contribution in [-0.4, -0.2) is 23.7 Å². The molecular weight excluding hydrogens is 687 g/mol. The molecule has 0 amide bonds. The Labute approximate surface area is 322 Å². The molecule has 56 heavy (non-hydrogen) atoms. The molecule has 6 aromatic carbocycles. The van der Waals surface area contributed by atoms with Crippen molar-refractivity contribution in [3.8, 4) is 23.1 Å². The van der Waals surface area contributed by atoms with Crippen molar-refractivity contribution in [3.05, 3.63) is 180 Å². The lowest BCUT2D eigenvalue weighted by atomic mass is 10.0. The molecule has 0 fully saturated rings. The maximum absolute atomic E-state index is 6.73. The first kappa shape index (κ1) is 31.2. The van der Waals surface area contributed by atoms with E-state index in [4.69, 9.17) is 14.7 Å². The van der Waals surface area contributed by atoms with Crippen LogP contribution in [0.5, 0.6) is 11.5 Å². The fraction of sp³-hybridized carbons (Fsp3) is 0.0800. The first-order valence-electron chi connectivity index (χ1n) is 19.3. The highest BCUT2D eigenvalue weighted by Crippen LogP contribution is 2.39. The Morgan fingerprint density at radius 2 is 1.07 bits per heavy atom. The van der Waals surface area contributed by atoms with Crippen molar-refractivity contribution >= 4 is 65.4 Å². The molecule has 0 atom stereocenters. The predicted molar refractivity (Wildman–Crippen MR) is 228 cm³/mol. The van der Waals surface area contributed by atoms with Gasteiger partial charge in [0.2, 0.25) is 0 Å². The third kappa shape index (κ3) is 4.62. The molecule has 0 N–H and O–H groups in total. The van der Waals surface area contributed by atoms with Gasteiger partial charge in [-0.25, -0.2) is 9.97 Å². The van der Waals surface area contributed by atoms with Gasteiger partial charge in [0.15, 0.2) is 0 Å². The molecule has 5 aromatic heterocycles. The number of aromatic nitrogens is 5. The van der Waals surface area contributed by atoms with Gasteiger partial charge in [0.05, 0.1) is 33.1 Å². The summed E-state index contributed by atoms with van der Waals surface area (Å²) < 4.78 is 13.7. The number of benzene rings is 6. The maximum atomic E-state index is 6.73. The number of fused-ring (bicyclic) bond motifs is 8. The second-order valence-corrected chi connectivity index (χ2v) is 15.1. The summed E-state index contributed by atoms with van der Waals surface area (Å²) in [6.07, 6.45) is 6.60. The number of hydrogen-bond acceptors (Lipinski definition) is 3. The van der Waals surface area contributed by atoms with Crippen molar-refractivity contribution < 1.29 is 4.74 Å². The minimum atomic E-state index is 0.762. The van der Waals surface area contributed by atoms with E-state index in [0.29, 0.717) is 0 Å². The number of ether oxygens (including phenoxy) is 1. The molecule has 7 heterocycles. The number of rotatable bonds is 0. The Hall–Kier alpha value is -7.18. The number of pyridine rings is 2. The zero-order valence-corrected chi connectivity index (χ0v) is 30.8. The van der Waals surface area contributed by atoms with E-state index in [1.165, 1.54) is 54.8 Å². The van der Waals surface area contributed by atoms with Gasteiger partial charge in [0.25, 0.3) is 0 Å². The van der Waals surface area contributed by atoms with E-state index in [-0.39, 0.29) is 0 Å². The lowest BCUT2D eigenvalue weighted by Gasteiger charge is -2.12. The van der Waals surface area contributed by atoms with Crippen molar-refractivity contribution in [2.24, 2.45) is 7.05 Å². The van der Waals surface area contributed by atoms with Crippen LogP contribution in [0.25, 0.3) is 77.1 Å². The molecule has 6 nitrogen and oxygen atoms in total. The second kappa shape index (κ2) is 11.9. The monoisotopic (exact) mass is 721 g/mol. The fourth-order valence-electron chi connectivity index (χ4n) is 9.41. The third-order valence-electron chi connectivity index (χ3n) is 11.9. The molecule has 0 aliphatic carbocycles. The zero-order valence-electron chi connectivity index (χ0n) is 30.8. The van der Waals surface area contributed by atoms with Crippen molar-refractivity contribution in [2.45, 2.75) is 19.3 Å². The number of hydrogen-bond donors (Lipinski definition) is 0. The Morgan fingerprint density at radius 1 is 0.464 bits per heavy atom. The highest BCUT2D eigenvalue weighted by atomic mass is 16.5. The van der Waals surface area contributed by atoms with Crippen LogP contribution in [0.4, 0.5) is 0 Å². The van der Waals surface area contributed by atoms with Gasteiger partial charge in [0, 0.05) is 63.9 Å². The minimum Gasteiger partial charge on any atom is -0.457 e. The summed E-state index contributed by atoms with van der Waals surface area (Å²) in [6, 6.07) is 52.2. The van der Waals surface area contributed by atoms with Gasteiger partial charge in [-0.1, -0.05) is 78.9 Å². The number of para-hydroxylation sites is 4. The fourth-order valence-corrected chi connectivity index (χ4v) is 9.41. The van der Waals surface area contributed by atoms with Gasteiger partial charge < -0.3 is 9.30 Å². The van der Waals surface area contributed by atoms with Gasteiger partial charge in [0.1, 0.15) is 23.1 Å². The normalized spacial score (nSPS) is 13.0. The summed E-state index contributed by atoms with van der Waals surface area (Å²) in [5.74, 6) is 3.30. The highest BCUT2D eigenvalue weighted by Gasteiger charge is 2.19. The Kier molecular flexibility index (Phi) is 6.63. The molecule has 10 bridgehead atoms. The van der Waals surface area contributed by atoms with Gasteiger partial charge in [-0.05, 0) is 96.1 Å². The summed E-state index contributed by atoms with van der Waals surface area (Å²) in [5, 5.41) is 7.26. The number of aryl methyl sites for hydroxylation is 3. The third-order valence-corrected chi connectivity index (χ3v) is 11.9. The van der Waals surface area contributed by atoms with Gasteiger partial charge in [-0.2, -0.15) is 0 Å². The van der Waals surface area contributed by atoms with Crippen LogP contribution in [0.2, 0.25) is 0 Å². The minimum absolute atomic E-state index is 0.762. The van der Waals surface area contributed by atoms with Crippen molar-refractivity contribution in [3.63, 3.8) is 0 Å². The first-order valence-corrected chi connectivity index (χ1v) is 19.3. The summed E-state index contributed by atoms with van der Waals surface area (Å²) >= 11 is 0. The molecule has 0 spiro atoms. The summed E-state index contributed by atoms with van der Waals surface area (Å²) in [7, 11) is 2.23. The highest BCUT2D eigenvalue weighted by molar-refractivity contribution is 6.11.